The molecule has 0 saturated heterocycles. The highest BCUT2D eigenvalue weighted by atomic mass is 35.5. The molecule has 7 heteroatoms. The van der Waals surface area contributed by atoms with Crippen molar-refractivity contribution in [3.8, 4) is 5.75 Å². The van der Waals surface area contributed by atoms with Gasteiger partial charge in [-0.15, -0.1) is 0 Å². The van der Waals surface area contributed by atoms with E-state index in [1.54, 1.807) is 18.2 Å². The molecule has 122 valence electrons. The number of hydrogen-bond donors (Lipinski definition) is 3. The first-order chi connectivity index (χ1) is 11.0. The van der Waals surface area contributed by atoms with E-state index in [0.717, 1.165) is 19.3 Å². The van der Waals surface area contributed by atoms with Crippen molar-refractivity contribution >= 4 is 40.4 Å². The van der Waals surface area contributed by atoms with Gasteiger partial charge in [0.25, 0.3) is 5.91 Å². The van der Waals surface area contributed by atoms with Crippen molar-refractivity contribution < 1.29 is 14.6 Å². The summed E-state index contributed by atoms with van der Waals surface area (Å²) in [5, 5.41) is 16.8. The number of fused-ring (bicyclic) bond motifs is 1. The third-order valence-electron chi connectivity index (χ3n) is 4.31. The summed E-state index contributed by atoms with van der Waals surface area (Å²) in [5.74, 6) is 0.120. The summed E-state index contributed by atoms with van der Waals surface area (Å²) in [5.41, 5.74) is 0.678. The normalized spacial score (nSPS) is 23.3. The van der Waals surface area contributed by atoms with E-state index < -0.39 is 0 Å². The van der Waals surface area contributed by atoms with Gasteiger partial charge in [-0.25, -0.2) is 0 Å². The number of carbonyl (C=O) groups excluding carboxylic acids is 1. The van der Waals surface area contributed by atoms with E-state index in [1.807, 2.05) is 0 Å². The molecule has 5 nitrogen and oxygen atoms in total. The van der Waals surface area contributed by atoms with Crippen molar-refractivity contribution in [2.45, 2.75) is 25.3 Å². The lowest BCUT2D eigenvalue weighted by Gasteiger charge is -2.28. The van der Waals surface area contributed by atoms with Crippen LogP contribution in [0, 0.1) is 5.92 Å². The van der Waals surface area contributed by atoms with Crippen LogP contribution >= 0.6 is 23.8 Å². The summed E-state index contributed by atoms with van der Waals surface area (Å²) in [6.07, 6.45) is 2.72. The molecule has 2 atom stereocenters. The molecule has 3 rings (SSSR count). The van der Waals surface area contributed by atoms with E-state index in [2.05, 4.69) is 10.6 Å². The van der Waals surface area contributed by atoms with Crippen molar-refractivity contribution in [3.05, 3.63) is 34.6 Å². The van der Waals surface area contributed by atoms with Gasteiger partial charge in [-0.2, -0.15) is 0 Å². The number of rotatable bonds is 3. The Hall–Kier alpha value is -1.79. The highest BCUT2D eigenvalue weighted by Crippen LogP contribution is 2.37. The molecule has 23 heavy (non-hydrogen) atoms. The Labute approximate surface area is 144 Å². The highest BCUT2D eigenvalue weighted by Gasteiger charge is 2.40. The summed E-state index contributed by atoms with van der Waals surface area (Å²) in [6.45, 7) is 0. The first-order valence-corrected chi connectivity index (χ1v) is 8.19. The van der Waals surface area contributed by atoms with E-state index >= 15 is 0 Å². The maximum Gasteiger partial charge on any atom is 0.257 e. The van der Waals surface area contributed by atoms with Gasteiger partial charge >= 0.3 is 0 Å². The van der Waals surface area contributed by atoms with Gasteiger partial charge in [-0.3, -0.25) is 4.79 Å². The lowest BCUT2D eigenvalue weighted by molar-refractivity contribution is -0.118. The molecular formula is C16H17ClN2O3S. The van der Waals surface area contributed by atoms with Crippen LogP contribution in [-0.2, 0) is 4.79 Å². The van der Waals surface area contributed by atoms with Crippen LogP contribution in [0.1, 0.15) is 19.3 Å². The predicted molar refractivity (Wildman–Crippen MR) is 93.2 cm³/mol. The minimum Gasteiger partial charge on any atom is -0.511 e. The monoisotopic (exact) mass is 352 g/mol. The minimum absolute atomic E-state index is 0.00903. The fourth-order valence-corrected chi connectivity index (χ4v) is 3.78. The Morgan fingerprint density at radius 1 is 1.48 bits per heavy atom. The number of aliphatic hydroxyl groups excluding tert-OH is 1. The number of nitrogens with one attached hydrogen (secondary N) is 2. The van der Waals surface area contributed by atoms with E-state index in [9.17, 15) is 9.90 Å². The number of halogens is 1. The van der Waals surface area contributed by atoms with Crippen molar-refractivity contribution in [1.29, 1.82) is 0 Å². The molecule has 1 heterocycles. The number of hydrogen-bond acceptors (Lipinski definition) is 4. The number of benzene rings is 1. The molecule has 1 aliphatic heterocycles. The molecule has 0 spiro atoms. The third-order valence-corrected chi connectivity index (χ3v) is 4.92. The maximum absolute atomic E-state index is 12.3. The first kappa shape index (κ1) is 16.1. The molecular weight excluding hydrogens is 336 g/mol. The lowest BCUT2D eigenvalue weighted by atomic mass is 9.92. The first-order valence-electron chi connectivity index (χ1n) is 7.40. The highest BCUT2D eigenvalue weighted by molar-refractivity contribution is 7.81. The minimum atomic E-state index is -0.343. The Bertz CT molecular complexity index is 705. The number of thiocarbonyl (C=S) groups is 1. The number of aliphatic hydroxyl groups is 1. The Kier molecular flexibility index (Phi) is 4.46. The van der Waals surface area contributed by atoms with Crippen molar-refractivity contribution in [2.75, 3.05) is 12.4 Å². The van der Waals surface area contributed by atoms with Crippen molar-refractivity contribution in [2.24, 2.45) is 5.92 Å². The molecule has 1 saturated carbocycles. The topological polar surface area (TPSA) is 70.6 Å². The summed E-state index contributed by atoms with van der Waals surface area (Å²) in [4.78, 5) is 12.4. The number of ether oxygens (including phenoxy) is 1. The van der Waals surface area contributed by atoms with Crippen LogP contribution in [0.2, 0.25) is 5.02 Å². The van der Waals surface area contributed by atoms with Gasteiger partial charge in [0.05, 0.1) is 17.8 Å². The van der Waals surface area contributed by atoms with Crippen LogP contribution in [0.15, 0.2) is 29.5 Å². The third kappa shape index (κ3) is 2.88. The van der Waals surface area contributed by atoms with Gasteiger partial charge < -0.3 is 20.5 Å². The average molecular weight is 353 g/mol. The van der Waals surface area contributed by atoms with Gasteiger partial charge in [-0.1, -0.05) is 36.3 Å². The fourth-order valence-electron chi connectivity index (χ4n) is 3.22. The molecule has 1 aromatic rings. The standard InChI is InChI=1S/C16H17ClN2O3S/c1-22-14-9(17)5-3-7-11(14)19-16(23)12-13(20)8-4-2-6-10(8)18-15(12)21/h3,5,7-8,10,20H,2,4,6H2,1H3,(H,18,21)(H,19,23). The number of carbonyl (C=O) groups is 1. The Morgan fingerprint density at radius 3 is 3.00 bits per heavy atom. The number of methoxy groups -OCH3 is 1. The van der Waals surface area contributed by atoms with Crippen LogP contribution < -0.4 is 15.4 Å². The van der Waals surface area contributed by atoms with E-state index in [-0.39, 0.29) is 34.2 Å². The SMILES string of the molecule is COc1c(Cl)cccc1NC(=S)C1=C(O)C2CCCC2NC1=O. The van der Waals surface area contributed by atoms with Gasteiger partial charge in [-0.05, 0) is 25.0 Å². The second kappa shape index (κ2) is 6.37. The van der Waals surface area contributed by atoms with Gasteiger partial charge in [0.1, 0.15) is 16.3 Å². The van der Waals surface area contributed by atoms with Crippen molar-refractivity contribution in [3.63, 3.8) is 0 Å². The zero-order chi connectivity index (χ0) is 16.6. The Morgan fingerprint density at radius 2 is 2.26 bits per heavy atom. The number of para-hydroxylation sites is 1. The largest absolute Gasteiger partial charge is 0.511 e. The van der Waals surface area contributed by atoms with Gasteiger partial charge in [0.2, 0.25) is 0 Å². The molecule has 2 aliphatic rings. The molecule has 2 unspecified atom stereocenters. The van der Waals surface area contributed by atoms with Gasteiger partial charge in [0.15, 0.2) is 5.75 Å². The quantitative estimate of drug-likeness (QED) is 0.729. The summed E-state index contributed by atoms with van der Waals surface area (Å²) in [7, 11) is 1.50. The zero-order valence-corrected chi connectivity index (χ0v) is 14.1. The maximum atomic E-state index is 12.3. The number of anilines is 1. The second-order valence-electron chi connectivity index (χ2n) is 5.65. The Balaban J connectivity index is 1.90. The molecule has 1 aromatic carbocycles. The van der Waals surface area contributed by atoms with Gasteiger partial charge in [0, 0.05) is 12.0 Å². The molecule has 3 N–H and O–H groups in total. The van der Waals surface area contributed by atoms with Crippen LogP contribution in [0.3, 0.4) is 0 Å². The number of amides is 1. The van der Waals surface area contributed by atoms with Crippen LogP contribution in [-0.4, -0.2) is 29.2 Å². The van der Waals surface area contributed by atoms with E-state index in [1.165, 1.54) is 7.11 Å². The van der Waals surface area contributed by atoms with Crippen LogP contribution in [0.5, 0.6) is 5.75 Å². The van der Waals surface area contributed by atoms with E-state index in [0.29, 0.717) is 16.5 Å². The molecule has 1 amide bonds. The molecule has 0 bridgehead atoms. The smallest absolute Gasteiger partial charge is 0.257 e. The zero-order valence-electron chi connectivity index (χ0n) is 12.6. The fraction of sp³-hybridized carbons (Fsp3) is 0.375. The molecule has 0 aromatic heterocycles. The predicted octanol–water partition coefficient (Wildman–Crippen LogP) is 3.20. The summed E-state index contributed by atoms with van der Waals surface area (Å²) in [6, 6.07) is 5.20. The molecule has 0 radical (unpaired) electrons. The van der Waals surface area contributed by atoms with Crippen LogP contribution in [0.25, 0.3) is 0 Å². The van der Waals surface area contributed by atoms with E-state index in [4.69, 9.17) is 28.6 Å². The molecule has 1 fully saturated rings. The van der Waals surface area contributed by atoms with Crippen molar-refractivity contribution in [1.82, 2.24) is 5.32 Å². The summed E-state index contributed by atoms with van der Waals surface area (Å²) < 4.78 is 5.25. The van der Waals surface area contributed by atoms with Crippen LogP contribution in [0.4, 0.5) is 5.69 Å². The summed E-state index contributed by atoms with van der Waals surface area (Å²) >= 11 is 11.4. The molecule has 1 aliphatic carbocycles. The lowest BCUT2D eigenvalue weighted by Crippen LogP contribution is -2.46. The second-order valence-corrected chi connectivity index (χ2v) is 6.47. The average Bonchev–Trinajstić information content (AvgIpc) is 2.96.